The van der Waals surface area contributed by atoms with Crippen LogP contribution in [0.1, 0.15) is 42.1 Å². The predicted octanol–water partition coefficient (Wildman–Crippen LogP) is 1.36. The number of aromatic hydroxyl groups is 1. The van der Waals surface area contributed by atoms with Crippen LogP contribution in [0.15, 0.2) is 27.1 Å². The summed E-state index contributed by atoms with van der Waals surface area (Å²) in [6, 6.07) is 0. The van der Waals surface area contributed by atoms with E-state index in [0.717, 1.165) is 0 Å². The van der Waals surface area contributed by atoms with Crippen LogP contribution in [0.4, 0.5) is 0 Å². The van der Waals surface area contributed by atoms with E-state index in [0.29, 0.717) is 0 Å². The number of hydrogen-bond acceptors (Lipinski definition) is 7. The first kappa shape index (κ1) is 17.7. The molecule has 24 heavy (non-hydrogen) atoms. The molecule has 7 heteroatoms. The highest BCUT2D eigenvalue weighted by molar-refractivity contribution is 5.99. The van der Waals surface area contributed by atoms with Gasteiger partial charge in [-0.2, -0.15) is 0 Å². The molecule has 0 aromatic carbocycles. The third-order valence-electron chi connectivity index (χ3n) is 3.71. The zero-order valence-electron chi connectivity index (χ0n) is 13.6. The summed E-state index contributed by atoms with van der Waals surface area (Å²) in [7, 11) is 1.32. The number of Topliss-reactive ketones (excluding diaryl/α,β-unsaturated/α-hetero) is 2. The van der Waals surface area contributed by atoms with Crippen molar-refractivity contribution in [2.24, 2.45) is 0 Å². The van der Waals surface area contributed by atoms with Crippen LogP contribution in [0.25, 0.3) is 5.57 Å². The Morgan fingerprint density at radius 1 is 1.33 bits per heavy atom. The minimum atomic E-state index is -0.943. The van der Waals surface area contributed by atoms with Crippen molar-refractivity contribution in [3.05, 3.63) is 45.2 Å². The molecule has 1 aliphatic carbocycles. The summed E-state index contributed by atoms with van der Waals surface area (Å²) in [4.78, 5) is 35.7. The van der Waals surface area contributed by atoms with E-state index < -0.39 is 23.1 Å². The molecule has 1 atom stereocenters. The van der Waals surface area contributed by atoms with Crippen LogP contribution >= 0.6 is 0 Å². The van der Waals surface area contributed by atoms with Gasteiger partial charge in [-0.05, 0) is 13.0 Å². The van der Waals surface area contributed by atoms with Gasteiger partial charge >= 0.3 is 0 Å². The maximum atomic E-state index is 12.3. The van der Waals surface area contributed by atoms with Gasteiger partial charge < -0.3 is 19.4 Å². The molecule has 128 valence electrons. The Balaban J connectivity index is 2.65. The lowest BCUT2D eigenvalue weighted by Crippen LogP contribution is -2.30. The van der Waals surface area contributed by atoms with Crippen LogP contribution < -0.4 is 5.43 Å². The summed E-state index contributed by atoms with van der Waals surface area (Å²) in [6.07, 6.45) is 1.71. The lowest BCUT2D eigenvalue weighted by molar-refractivity contribution is -0.116. The van der Waals surface area contributed by atoms with Crippen molar-refractivity contribution < 1.29 is 29.0 Å². The van der Waals surface area contributed by atoms with Crippen LogP contribution in [-0.4, -0.2) is 35.0 Å². The standard InChI is InChI=1S/C17H18O7/c1-4-9(5-12(23-3)8(2)18)17-16(22)15(21)14-11(20)6-10(19)7-13(14)24-17/h4-5,10,19,22H,6-7H2,1-3H3/b9-4?,12-5+. The van der Waals surface area contributed by atoms with Crippen LogP contribution in [-0.2, 0) is 16.0 Å². The van der Waals surface area contributed by atoms with Crippen molar-refractivity contribution in [3.63, 3.8) is 0 Å². The third-order valence-corrected chi connectivity index (χ3v) is 3.71. The average Bonchev–Trinajstić information content (AvgIpc) is 2.51. The fraction of sp³-hybridized carbons (Fsp3) is 0.353. The summed E-state index contributed by atoms with van der Waals surface area (Å²) < 4.78 is 10.5. The summed E-state index contributed by atoms with van der Waals surface area (Å²) in [5.74, 6) is -1.79. The second-order valence-electron chi connectivity index (χ2n) is 5.41. The lowest BCUT2D eigenvalue weighted by Gasteiger charge is -2.19. The van der Waals surface area contributed by atoms with E-state index in [1.807, 2.05) is 0 Å². The molecule has 0 aliphatic heterocycles. The number of ether oxygens (including phenoxy) is 1. The van der Waals surface area contributed by atoms with E-state index in [1.54, 1.807) is 6.92 Å². The van der Waals surface area contributed by atoms with Gasteiger partial charge in [0.25, 0.3) is 0 Å². The predicted molar refractivity (Wildman–Crippen MR) is 84.7 cm³/mol. The molecule has 0 saturated heterocycles. The maximum absolute atomic E-state index is 12.3. The molecule has 0 fully saturated rings. The van der Waals surface area contributed by atoms with E-state index >= 15 is 0 Å². The number of ketones is 2. The Morgan fingerprint density at radius 2 is 2.00 bits per heavy atom. The summed E-state index contributed by atoms with van der Waals surface area (Å²) >= 11 is 0. The van der Waals surface area contributed by atoms with Crippen molar-refractivity contribution in [2.45, 2.75) is 32.8 Å². The van der Waals surface area contributed by atoms with Crippen molar-refractivity contribution in [3.8, 4) is 5.75 Å². The molecule has 0 saturated carbocycles. The van der Waals surface area contributed by atoms with Gasteiger partial charge in [0.2, 0.25) is 11.2 Å². The fourth-order valence-electron chi connectivity index (χ4n) is 2.52. The summed E-state index contributed by atoms with van der Waals surface area (Å²) in [5, 5.41) is 19.8. The molecule has 7 nitrogen and oxygen atoms in total. The Bertz CT molecular complexity index is 811. The summed E-state index contributed by atoms with van der Waals surface area (Å²) in [5.41, 5.74) is -0.843. The lowest BCUT2D eigenvalue weighted by atomic mass is 9.92. The second-order valence-corrected chi connectivity index (χ2v) is 5.41. The number of allylic oxidation sites excluding steroid dienone is 4. The van der Waals surface area contributed by atoms with Crippen molar-refractivity contribution in [1.29, 1.82) is 0 Å². The quantitative estimate of drug-likeness (QED) is 0.485. The van der Waals surface area contributed by atoms with Gasteiger partial charge in [-0.3, -0.25) is 14.4 Å². The van der Waals surface area contributed by atoms with Crippen molar-refractivity contribution in [1.82, 2.24) is 0 Å². The zero-order chi connectivity index (χ0) is 18.0. The molecule has 0 bridgehead atoms. The fourth-order valence-corrected chi connectivity index (χ4v) is 2.52. The number of hydrogen-bond donors (Lipinski definition) is 2. The SMILES string of the molecule is CC=C(/C=C(/OC)C(C)=O)c1oc2c(c(=O)c1O)C(=O)CC(O)C2. The van der Waals surface area contributed by atoms with Crippen LogP contribution in [0.2, 0.25) is 0 Å². The number of aliphatic hydroxyl groups excluding tert-OH is 1. The largest absolute Gasteiger partial charge is 0.502 e. The van der Waals surface area contributed by atoms with Crippen molar-refractivity contribution in [2.75, 3.05) is 7.11 Å². The maximum Gasteiger partial charge on any atom is 0.238 e. The second kappa shape index (κ2) is 6.84. The molecular weight excluding hydrogens is 316 g/mol. The van der Waals surface area contributed by atoms with Gasteiger partial charge in [0.1, 0.15) is 11.3 Å². The summed E-state index contributed by atoms with van der Waals surface area (Å²) in [6.45, 7) is 2.93. The van der Waals surface area contributed by atoms with Crippen LogP contribution in [0.3, 0.4) is 0 Å². The van der Waals surface area contributed by atoms with Gasteiger partial charge in [0.15, 0.2) is 23.1 Å². The van der Waals surface area contributed by atoms with E-state index in [-0.39, 0.29) is 47.0 Å². The van der Waals surface area contributed by atoms with E-state index in [4.69, 9.17) is 9.15 Å². The zero-order valence-corrected chi connectivity index (χ0v) is 13.6. The molecule has 0 radical (unpaired) electrons. The Morgan fingerprint density at radius 3 is 2.54 bits per heavy atom. The average molecular weight is 334 g/mol. The highest BCUT2D eigenvalue weighted by atomic mass is 16.5. The smallest absolute Gasteiger partial charge is 0.238 e. The highest BCUT2D eigenvalue weighted by Crippen LogP contribution is 2.30. The van der Waals surface area contributed by atoms with Gasteiger partial charge in [-0.25, -0.2) is 0 Å². The Kier molecular flexibility index (Phi) is 5.04. The molecule has 1 aromatic rings. The van der Waals surface area contributed by atoms with E-state index in [9.17, 15) is 24.6 Å². The van der Waals surface area contributed by atoms with Gasteiger partial charge in [0.05, 0.1) is 13.2 Å². The molecule has 1 unspecified atom stereocenters. The minimum absolute atomic E-state index is 0.00581. The number of carbonyl (C=O) groups excluding carboxylic acids is 2. The first-order chi connectivity index (χ1) is 11.3. The molecule has 0 spiro atoms. The molecular formula is C17H18O7. The van der Waals surface area contributed by atoms with Gasteiger partial charge in [-0.1, -0.05) is 6.08 Å². The molecule has 1 aromatic heterocycles. The molecule has 2 rings (SSSR count). The topological polar surface area (TPSA) is 114 Å². The van der Waals surface area contributed by atoms with Gasteiger partial charge in [0, 0.05) is 25.3 Å². The molecule has 2 N–H and O–H groups in total. The number of methoxy groups -OCH3 is 1. The number of fused-ring (bicyclic) bond motifs is 1. The number of carbonyl (C=O) groups is 2. The van der Waals surface area contributed by atoms with Gasteiger partial charge in [-0.15, -0.1) is 0 Å². The first-order valence-corrected chi connectivity index (χ1v) is 7.33. The third kappa shape index (κ3) is 3.16. The number of aliphatic hydroxyl groups is 1. The van der Waals surface area contributed by atoms with Crippen LogP contribution in [0.5, 0.6) is 5.75 Å². The van der Waals surface area contributed by atoms with Crippen molar-refractivity contribution >= 4 is 17.1 Å². The monoisotopic (exact) mass is 334 g/mol. The van der Waals surface area contributed by atoms with Crippen LogP contribution in [0, 0.1) is 0 Å². The molecule has 0 amide bonds. The Hall–Kier alpha value is -2.67. The van der Waals surface area contributed by atoms with E-state index in [1.165, 1.54) is 26.2 Å². The minimum Gasteiger partial charge on any atom is -0.502 e. The molecule has 1 heterocycles. The molecule has 1 aliphatic rings. The van der Waals surface area contributed by atoms with E-state index in [2.05, 4.69) is 0 Å². The Labute approximate surface area is 137 Å². The normalized spacial score (nSPS) is 18.3. The first-order valence-electron chi connectivity index (χ1n) is 7.33. The number of rotatable bonds is 4. The highest BCUT2D eigenvalue weighted by Gasteiger charge is 2.31.